The lowest BCUT2D eigenvalue weighted by Gasteiger charge is -2.13. The maximum Gasteiger partial charge on any atom is 0.337 e. The minimum Gasteiger partial charge on any atom is -0.478 e. The number of carboxylic acid groups (broad SMARTS) is 1. The van der Waals surface area contributed by atoms with E-state index in [0.717, 1.165) is 24.9 Å². The van der Waals surface area contributed by atoms with Crippen molar-refractivity contribution in [2.75, 3.05) is 24.3 Å². The van der Waals surface area contributed by atoms with Crippen LogP contribution < -0.4 is 10.2 Å². The SMILES string of the molecule is CN(C)c1cccc(CCCc2ccc(Nc3ccccc3C(=O)O)cc2)c1. The van der Waals surface area contributed by atoms with Crippen molar-refractivity contribution >= 4 is 23.0 Å². The smallest absolute Gasteiger partial charge is 0.337 e. The van der Waals surface area contributed by atoms with Crippen LogP contribution in [0.4, 0.5) is 17.1 Å². The van der Waals surface area contributed by atoms with Crippen LogP contribution in [0.2, 0.25) is 0 Å². The van der Waals surface area contributed by atoms with Gasteiger partial charge in [-0.05, 0) is 66.8 Å². The Morgan fingerprint density at radius 2 is 1.61 bits per heavy atom. The standard InChI is InChI=1S/C24H26N2O2/c1-26(2)21-10-6-9-19(17-21)8-5-7-18-13-15-20(16-14-18)25-23-12-4-3-11-22(23)24(27)28/h3-4,6,9-17,25H,5,7-8H2,1-2H3,(H,27,28). The van der Waals surface area contributed by atoms with E-state index in [2.05, 4.69) is 60.7 Å². The van der Waals surface area contributed by atoms with Crippen molar-refractivity contribution in [3.05, 3.63) is 89.5 Å². The lowest BCUT2D eigenvalue weighted by molar-refractivity contribution is 0.0698. The molecule has 3 rings (SSSR count). The van der Waals surface area contributed by atoms with E-state index in [-0.39, 0.29) is 5.56 Å². The van der Waals surface area contributed by atoms with E-state index in [1.165, 1.54) is 16.8 Å². The number of benzene rings is 3. The van der Waals surface area contributed by atoms with Crippen LogP contribution in [0.25, 0.3) is 0 Å². The molecule has 0 bridgehead atoms. The normalized spacial score (nSPS) is 10.5. The van der Waals surface area contributed by atoms with Gasteiger partial charge in [-0.1, -0.05) is 36.4 Å². The van der Waals surface area contributed by atoms with Gasteiger partial charge in [0, 0.05) is 25.5 Å². The molecule has 2 N–H and O–H groups in total. The third-order valence-corrected chi connectivity index (χ3v) is 4.75. The Kier molecular flexibility index (Phi) is 6.33. The highest BCUT2D eigenvalue weighted by Crippen LogP contribution is 2.22. The Bertz CT molecular complexity index is 933. The van der Waals surface area contributed by atoms with Crippen molar-refractivity contribution in [3.63, 3.8) is 0 Å². The van der Waals surface area contributed by atoms with Crippen LogP contribution in [0, 0.1) is 0 Å². The number of anilines is 3. The first-order valence-electron chi connectivity index (χ1n) is 9.47. The zero-order valence-corrected chi connectivity index (χ0v) is 16.4. The summed E-state index contributed by atoms with van der Waals surface area (Å²) in [6.07, 6.45) is 3.15. The fourth-order valence-electron chi connectivity index (χ4n) is 3.18. The molecule has 0 amide bonds. The highest BCUT2D eigenvalue weighted by atomic mass is 16.4. The highest BCUT2D eigenvalue weighted by molar-refractivity contribution is 5.95. The lowest BCUT2D eigenvalue weighted by atomic mass is 10.0. The van der Waals surface area contributed by atoms with Crippen molar-refractivity contribution in [1.82, 2.24) is 0 Å². The number of carbonyl (C=O) groups is 1. The van der Waals surface area contributed by atoms with Gasteiger partial charge in [0.1, 0.15) is 0 Å². The van der Waals surface area contributed by atoms with Crippen LogP contribution in [0.15, 0.2) is 72.8 Å². The second kappa shape index (κ2) is 9.09. The first-order valence-corrected chi connectivity index (χ1v) is 9.47. The van der Waals surface area contributed by atoms with Crippen LogP contribution >= 0.6 is 0 Å². The topological polar surface area (TPSA) is 52.6 Å². The molecule has 4 nitrogen and oxygen atoms in total. The average molecular weight is 374 g/mol. The van der Waals surface area contributed by atoms with Gasteiger partial charge in [-0.2, -0.15) is 0 Å². The number of nitrogens with one attached hydrogen (secondary N) is 1. The summed E-state index contributed by atoms with van der Waals surface area (Å²) in [6.45, 7) is 0. The van der Waals surface area contributed by atoms with E-state index in [1.807, 2.05) is 18.2 Å². The summed E-state index contributed by atoms with van der Waals surface area (Å²) in [4.78, 5) is 13.4. The lowest BCUT2D eigenvalue weighted by Crippen LogP contribution is -2.08. The highest BCUT2D eigenvalue weighted by Gasteiger charge is 2.08. The van der Waals surface area contributed by atoms with Gasteiger partial charge < -0.3 is 15.3 Å². The predicted molar refractivity (Wildman–Crippen MR) is 116 cm³/mol. The third kappa shape index (κ3) is 5.13. The largest absolute Gasteiger partial charge is 0.478 e. The van der Waals surface area contributed by atoms with E-state index < -0.39 is 5.97 Å². The Labute approximate surface area is 166 Å². The monoisotopic (exact) mass is 374 g/mol. The third-order valence-electron chi connectivity index (χ3n) is 4.75. The minimum absolute atomic E-state index is 0.270. The fourth-order valence-corrected chi connectivity index (χ4v) is 3.18. The van der Waals surface area contributed by atoms with E-state index in [1.54, 1.807) is 18.2 Å². The van der Waals surface area contributed by atoms with Crippen LogP contribution in [0.3, 0.4) is 0 Å². The van der Waals surface area contributed by atoms with Gasteiger partial charge in [-0.3, -0.25) is 0 Å². The first kappa shape index (κ1) is 19.5. The van der Waals surface area contributed by atoms with E-state index in [4.69, 9.17) is 0 Å². The van der Waals surface area contributed by atoms with Crippen molar-refractivity contribution < 1.29 is 9.90 Å². The molecule has 0 fully saturated rings. The van der Waals surface area contributed by atoms with Gasteiger partial charge in [-0.25, -0.2) is 4.79 Å². The van der Waals surface area contributed by atoms with Gasteiger partial charge in [0.2, 0.25) is 0 Å². The number of aryl methyl sites for hydroxylation is 2. The quantitative estimate of drug-likeness (QED) is 0.556. The summed E-state index contributed by atoms with van der Waals surface area (Å²) in [5.74, 6) is -0.932. The molecule has 4 heteroatoms. The molecule has 3 aromatic carbocycles. The summed E-state index contributed by atoms with van der Waals surface area (Å²) in [5, 5.41) is 12.5. The number of hydrogen-bond donors (Lipinski definition) is 2. The average Bonchev–Trinajstić information content (AvgIpc) is 2.70. The molecule has 144 valence electrons. The van der Waals surface area contributed by atoms with E-state index in [0.29, 0.717) is 5.69 Å². The van der Waals surface area contributed by atoms with Gasteiger partial charge >= 0.3 is 5.97 Å². The first-order chi connectivity index (χ1) is 13.5. The van der Waals surface area contributed by atoms with Crippen molar-refractivity contribution in [1.29, 1.82) is 0 Å². The maximum atomic E-state index is 11.3. The minimum atomic E-state index is -0.932. The molecule has 0 spiro atoms. The van der Waals surface area contributed by atoms with Gasteiger partial charge in [0.05, 0.1) is 11.3 Å². The zero-order valence-electron chi connectivity index (χ0n) is 16.4. The van der Waals surface area contributed by atoms with Crippen LogP contribution in [-0.2, 0) is 12.8 Å². The molecule has 0 heterocycles. The Morgan fingerprint density at radius 1 is 0.893 bits per heavy atom. The number of nitrogens with zero attached hydrogens (tertiary/aromatic N) is 1. The molecule has 3 aromatic rings. The molecular formula is C24H26N2O2. The van der Waals surface area contributed by atoms with Crippen LogP contribution in [0.5, 0.6) is 0 Å². The van der Waals surface area contributed by atoms with Crippen molar-refractivity contribution in [2.45, 2.75) is 19.3 Å². The number of para-hydroxylation sites is 1. The van der Waals surface area contributed by atoms with Gasteiger partial charge in [-0.15, -0.1) is 0 Å². The fraction of sp³-hybridized carbons (Fsp3) is 0.208. The second-order valence-electron chi connectivity index (χ2n) is 7.09. The summed E-state index contributed by atoms with van der Waals surface area (Å²) in [6, 6.07) is 23.8. The Morgan fingerprint density at radius 3 is 2.32 bits per heavy atom. The van der Waals surface area contributed by atoms with Crippen molar-refractivity contribution in [2.24, 2.45) is 0 Å². The zero-order chi connectivity index (χ0) is 19.9. The molecule has 28 heavy (non-hydrogen) atoms. The molecule has 0 radical (unpaired) electrons. The second-order valence-corrected chi connectivity index (χ2v) is 7.09. The van der Waals surface area contributed by atoms with Crippen LogP contribution in [-0.4, -0.2) is 25.2 Å². The molecule has 0 aliphatic heterocycles. The number of carboxylic acids is 1. The summed E-state index contributed by atoms with van der Waals surface area (Å²) in [5.41, 5.74) is 5.62. The summed E-state index contributed by atoms with van der Waals surface area (Å²) >= 11 is 0. The molecule has 0 aromatic heterocycles. The van der Waals surface area contributed by atoms with Crippen molar-refractivity contribution in [3.8, 4) is 0 Å². The molecule has 0 unspecified atom stereocenters. The molecule has 0 atom stereocenters. The molecule has 0 saturated heterocycles. The van der Waals surface area contributed by atoms with E-state index >= 15 is 0 Å². The molecule has 0 saturated carbocycles. The maximum absolute atomic E-state index is 11.3. The number of hydrogen-bond acceptors (Lipinski definition) is 3. The molecular weight excluding hydrogens is 348 g/mol. The van der Waals surface area contributed by atoms with E-state index in [9.17, 15) is 9.90 Å². The predicted octanol–water partition coefficient (Wildman–Crippen LogP) is 5.37. The number of rotatable bonds is 8. The molecule has 0 aliphatic carbocycles. The van der Waals surface area contributed by atoms with Gasteiger partial charge in [0.15, 0.2) is 0 Å². The van der Waals surface area contributed by atoms with Crippen LogP contribution in [0.1, 0.15) is 27.9 Å². The Hall–Kier alpha value is -3.27. The summed E-state index contributed by atoms with van der Waals surface area (Å²) in [7, 11) is 4.12. The van der Waals surface area contributed by atoms with Gasteiger partial charge in [0.25, 0.3) is 0 Å². The summed E-state index contributed by atoms with van der Waals surface area (Å²) < 4.78 is 0. The molecule has 0 aliphatic rings. The number of aromatic carboxylic acids is 1. The Balaban J connectivity index is 1.56.